The Labute approximate surface area is 135 Å². The number of hydrogen-bond acceptors (Lipinski definition) is 7. The molecular formula is C16H22N2O5. The van der Waals surface area contributed by atoms with Gasteiger partial charge in [-0.3, -0.25) is 0 Å². The van der Waals surface area contributed by atoms with E-state index in [1.165, 1.54) is 6.20 Å². The average molecular weight is 322 g/mol. The highest BCUT2D eigenvalue weighted by Gasteiger charge is 2.20. The van der Waals surface area contributed by atoms with Crippen molar-refractivity contribution in [1.82, 2.24) is 0 Å². The molecule has 0 atom stereocenters. The van der Waals surface area contributed by atoms with E-state index in [0.717, 1.165) is 5.69 Å². The summed E-state index contributed by atoms with van der Waals surface area (Å²) in [5.74, 6) is -1.47. The van der Waals surface area contributed by atoms with E-state index < -0.39 is 11.9 Å². The highest BCUT2D eigenvalue weighted by molar-refractivity contribution is 6.14. The van der Waals surface area contributed by atoms with Crippen LogP contribution in [0.1, 0.15) is 13.8 Å². The van der Waals surface area contributed by atoms with Crippen LogP contribution in [0.4, 0.5) is 11.4 Å². The predicted octanol–water partition coefficient (Wildman–Crippen LogP) is 1.51. The lowest BCUT2D eigenvalue weighted by molar-refractivity contribution is -0.146. The number of esters is 2. The van der Waals surface area contributed by atoms with Gasteiger partial charge in [0.25, 0.3) is 0 Å². The van der Waals surface area contributed by atoms with E-state index in [1.54, 1.807) is 38.1 Å². The lowest BCUT2D eigenvalue weighted by Gasteiger charge is -2.08. The zero-order chi connectivity index (χ0) is 17.1. The summed E-state index contributed by atoms with van der Waals surface area (Å²) in [4.78, 5) is 23.6. The number of nitrogens with one attached hydrogen (secondary N) is 2. The minimum Gasteiger partial charge on any atom is -0.462 e. The molecule has 0 saturated carbocycles. The third kappa shape index (κ3) is 6.39. The van der Waals surface area contributed by atoms with E-state index in [-0.39, 0.29) is 25.4 Å². The van der Waals surface area contributed by atoms with Gasteiger partial charge in [0.15, 0.2) is 5.57 Å². The summed E-state index contributed by atoms with van der Waals surface area (Å²) in [6.07, 6.45) is 1.27. The molecular weight excluding hydrogens is 300 g/mol. The van der Waals surface area contributed by atoms with Crippen molar-refractivity contribution in [3.63, 3.8) is 0 Å². The van der Waals surface area contributed by atoms with Gasteiger partial charge in [0.2, 0.25) is 0 Å². The molecule has 0 aliphatic rings. The van der Waals surface area contributed by atoms with Crippen molar-refractivity contribution in [1.29, 1.82) is 0 Å². The molecule has 7 heteroatoms. The first-order valence-corrected chi connectivity index (χ1v) is 7.38. The largest absolute Gasteiger partial charge is 0.462 e. The Morgan fingerprint density at radius 2 is 1.57 bits per heavy atom. The lowest BCUT2D eigenvalue weighted by atomic mass is 10.2. The number of anilines is 2. The van der Waals surface area contributed by atoms with Gasteiger partial charge in [-0.2, -0.15) is 0 Å². The summed E-state index contributed by atoms with van der Waals surface area (Å²) in [5, 5.41) is 14.6. The molecule has 1 aromatic carbocycles. The number of benzene rings is 1. The van der Waals surface area contributed by atoms with Crippen LogP contribution in [-0.2, 0) is 19.1 Å². The molecule has 3 N–H and O–H groups in total. The molecule has 0 saturated heterocycles. The molecule has 0 aliphatic carbocycles. The number of aliphatic hydroxyl groups is 1. The average Bonchev–Trinajstić information content (AvgIpc) is 2.55. The fraction of sp³-hybridized carbons (Fsp3) is 0.375. The van der Waals surface area contributed by atoms with Gasteiger partial charge in [0.05, 0.1) is 19.8 Å². The van der Waals surface area contributed by atoms with E-state index >= 15 is 0 Å². The van der Waals surface area contributed by atoms with Gasteiger partial charge < -0.3 is 25.2 Å². The van der Waals surface area contributed by atoms with Crippen LogP contribution in [0, 0.1) is 0 Å². The summed E-state index contributed by atoms with van der Waals surface area (Å²) < 4.78 is 9.68. The van der Waals surface area contributed by atoms with E-state index in [2.05, 4.69) is 10.6 Å². The van der Waals surface area contributed by atoms with Crippen molar-refractivity contribution in [2.75, 3.05) is 37.0 Å². The van der Waals surface area contributed by atoms with Crippen molar-refractivity contribution in [3.05, 3.63) is 36.0 Å². The topological polar surface area (TPSA) is 96.9 Å². The molecule has 0 fully saturated rings. The van der Waals surface area contributed by atoms with Crippen LogP contribution in [-0.4, -0.2) is 43.4 Å². The Hall–Kier alpha value is -2.54. The van der Waals surface area contributed by atoms with Crippen LogP contribution in [0.2, 0.25) is 0 Å². The summed E-state index contributed by atoms with van der Waals surface area (Å²) >= 11 is 0. The Bertz CT molecular complexity index is 520. The van der Waals surface area contributed by atoms with E-state index in [9.17, 15) is 9.59 Å². The third-order valence-electron chi connectivity index (χ3n) is 2.70. The highest BCUT2D eigenvalue weighted by Crippen LogP contribution is 2.14. The molecule has 7 nitrogen and oxygen atoms in total. The SMILES string of the molecule is CCOC(=O)C(=CNc1ccc(NCCO)cc1)C(=O)OCC. The number of carbonyl (C=O) groups is 2. The summed E-state index contributed by atoms with van der Waals surface area (Å²) in [6.45, 7) is 4.16. The summed E-state index contributed by atoms with van der Waals surface area (Å²) in [7, 11) is 0. The zero-order valence-electron chi connectivity index (χ0n) is 13.3. The molecule has 23 heavy (non-hydrogen) atoms. The number of carbonyl (C=O) groups excluding carboxylic acids is 2. The first kappa shape index (κ1) is 18.5. The van der Waals surface area contributed by atoms with Crippen LogP contribution < -0.4 is 10.6 Å². The van der Waals surface area contributed by atoms with E-state index in [0.29, 0.717) is 12.2 Å². The first-order valence-electron chi connectivity index (χ1n) is 7.38. The second kappa shape index (κ2) is 10.2. The van der Waals surface area contributed by atoms with Crippen LogP contribution >= 0.6 is 0 Å². The van der Waals surface area contributed by atoms with Gasteiger partial charge in [0.1, 0.15) is 0 Å². The molecule has 0 bridgehead atoms. The maximum Gasteiger partial charge on any atom is 0.347 e. The second-order valence-electron chi connectivity index (χ2n) is 4.37. The van der Waals surface area contributed by atoms with Crippen molar-refractivity contribution in [3.8, 4) is 0 Å². The molecule has 0 aliphatic heterocycles. The third-order valence-corrected chi connectivity index (χ3v) is 2.70. The smallest absolute Gasteiger partial charge is 0.347 e. The molecule has 126 valence electrons. The standard InChI is InChI=1S/C16H22N2O5/c1-3-22-15(20)14(16(21)23-4-2)11-18-13-7-5-12(6-8-13)17-9-10-19/h5-8,11,17-19H,3-4,9-10H2,1-2H3. The second-order valence-corrected chi connectivity index (χ2v) is 4.37. The van der Waals surface area contributed by atoms with Gasteiger partial charge in [-0.05, 0) is 38.1 Å². The Morgan fingerprint density at radius 3 is 2.04 bits per heavy atom. The zero-order valence-corrected chi connectivity index (χ0v) is 13.3. The quantitative estimate of drug-likeness (QED) is 0.274. The maximum absolute atomic E-state index is 11.8. The van der Waals surface area contributed by atoms with Gasteiger partial charge in [-0.15, -0.1) is 0 Å². The fourth-order valence-electron chi connectivity index (χ4n) is 1.66. The normalized spacial score (nSPS) is 9.70. The predicted molar refractivity (Wildman–Crippen MR) is 87.0 cm³/mol. The highest BCUT2D eigenvalue weighted by atomic mass is 16.6. The number of ether oxygens (including phenoxy) is 2. The summed E-state index contributed by atoms with van der Waals surface area (Å²) in [6, 6.07) is 7.15. The minimum atomic E-state index is -0.736. The Morgan fingerprint density at radius 1 is 1.04 bits per heavy atom. The molecule has 0 radical (unpaired) electrons. The fourth-order valence-corrected chi connectivity index (χ4v) is 1.66. The summed E-state index contributed by atoms with van der Waals surface area (Å²) in [5.41, 5.74) is 1.34. The maximum atomic E-state index is 11.8. The number of aliphatic hydroxyl groups excluding tert-OH is 1. The Balaban J connectivity index is 2.78. The van der Waals surface area contributed by atoms with Crippen LogP contribution in [0.3, 0.4) is 0 Å². The molecule has 0 unspecified atom stereocenters. The van der Waals surface area contributed by atoms with Gasteiger partial charge in [-0.1, -0.05) is 0 Å². The Kier molecular flexibility index (Phi) is 8.23. The minimum absolute atomic E-state index is 0.0468. The van der Waals surface area contributed by atoms with Crippen molar-refractivity contribution < 1.29 is 24.2 Å². The van der Waals surface area contributed by atoms with Crippen molar-refractivity contribution >= 4 is 23.3 Å². The van der Waals surface area contributed by atoms with Crippen LogP contribution in [0.25, 0.3) is 0 Å². The molecule has 1 aromatic rings. The molecule has 0 spiro atoms. The van der Waals surface area contributed by atoms with Crippen LogP contribution in [0.5, 0.6) is 0 Å². The van der Waals surface area contributed by atoms with E-state index in [4.69, 9.17) is 14.6 Å². The van der Waals surface area contributed by atoms with Gasteiger partial charge >= 0.3 is 11.9 Å². The molecule has 0 aromatic heterocycles. The molecule has 0 amide bonds. The number of rotatable bonds is 9. The van der Waals surface area contributed by atoms with Crippen molar-refractivity contribution in [2.24, 2.45) is 0 Å². The van der Waals surface area contributed by atoms with Crippen molar-refractivity contribution in [2.45, 2.75) is 13.8 Å². The number of hydrogen-bond donors (Lipinski definition) is 3. The monoisotopic (exact) mass is 322 g/mol. The lowest BCUT2D eigenvalue weighted by Crippen LogP contribution is -2.19. The van der Waals surface area contributed by atoms with E-state index in [1.807, 2.05) is 0 Å². The first-order chi connectivity index (χ1) is 11.1. The van der Waals surface area contributed by atoms with Crippen LogP contribution in [0.15, 0.2) is 36.0 Å². The van der Waals surface area contributed by atoms with Gasteiger partial charge in [-0.25, -0.2) is 9.59 Å². The van der Waals surface area contributed by atoms with Gasteiger partial charge in [0, 0.05) is 24.1 Å². The molecule has 0 heterocycles. The molecule has 1 rings (SSSR count).